The molecule has 0 amide bonds. The Bertz CT molecular complexity index is 358. The van der Waals surface area contributed by atoms with Gasteiger partial charge in [-0.15, -0.1) is 11.3 Å². The summed E-state index contributed by atoms with van der Waals surface area (Å²) in [5, 5.41) is 0. The Balaban J connectivity index is 2.14. The van der Waals surface area contributed by atoms with Gasteiger partial charge >= 0.3 is 0 Å². The molecule has 3 atom stereocenters. The molecule has 1 heterocycles. The van der Waals surface area contributed by atoms with Crippen LogP contribution in [-0.2, 0) is 0 Å². The molecule has 0 aliphatic heterocycles. The SMILES string of the molecule is CCC1CCCCC1C(N)c1cc(Br)c(Br)s1. The van der Waals surface area contributed by atoms with Gasteiger partial charge in [0.25, 0.3) is 0 Å². The van der Waals surface area contributed by atoms with Crippen LogP contribution >= 0.6 is 43.2 Å². The predicted octanol–water partition coefficient (Wildman–Crippen LogP) is 5.49. The minimum atomic E-state index is 0.216. The fourth-order valence-corrected chi connectivity index (χ4v) is 5.12. The zero-order chi connectivity index (χ0) is 12.4. The number of halogens is 2. The monoisotopic (exact) mass is 379 g/mol. The van der Waals surface area contributed by atoms with Crippen molar-refractivity contribution in [1.82, 2.24) is 0 Å². The summed E-state index contributed by atoms with van der Waals surface area (Å²) in [5.74, 6) is 1.49. The van der Waals surface area contributed by atoms with E-state index < -0.39 is 0 Å². The maximum atomic E-state index is 6.49. The van der Waals surface area contributed by atoms with Gasteiger partial charge in [0.1, 0.15) is 0 Å². The first-order chi connectivity index (χ1) is 8.13. The van der Waals surface area contributed by atoms with Gasteiger partial charge in [0.2, 0.25) is 0 Å². The molecule has 0 bridgehead atoms. The van der Waals surface area contributed by atoms with E-state index in [1.165, 1.54) is 37.0 Å². The quantitative estimate of drug-likeness (QED) is 0.736. The molecule has 2 N–H and O–H groups in total. The molecule has 0 aromatic carbocycles. The van der Waals surface area contributed by atoms with E-state index in [-0.39, 0.29) is 6.04 Å². The first-order valence-electron chi connectivity index (χ1n) is 6.33. The van der Waals surface area contributed by atoms with Crippen LogP contribution < -0.4 is 5.73 Å². The van der Waals surface area contributed by atoms with Crippen molar-refractivity contribution in [3.05, 3.63) is 19.2 Å². The lowest BCUT2D eigenvalue weighted by atomic mass is 9.74. The Hall–Kier alpha value is 0.620. The third kappa shape index (κ3) is 3.14. The summed E-state index contributed by atoms with van der Waals surface area (Å²) in [4.78, 5) is 1.31. The summed E-state index contributed by atoms with van der Waals surface area (Å²) < 4.78 is 2.30. The number of thiophene rings is 1. The molecule has 1 aromatic rings. The van der Waals surface area contributed by atoms with Crippen molar-refractivity contribution in [2.75, 3.05) is 0 Å². The first kappa shape index (κ1) is 14.0. The van der Waals surface area contributed by atoms with Crippen molar-refractivity contribution < 1.29 is 0 Å². The van der Waals surface area contributed by atoms with E-state index >= 15 is 0 Å². The molecule has 1 nitrogen and oxygen atoms in total. The van der Waals surface area contributed by atoms with E-state index in [9.17, 15) is 0 Å². The van der Waals surface area contributed by atoms with Crippen molar-refractivity contribution in [2.24, 2.45) is 17.6 Å². The van der Waals surface area contributed by atoms with Crippen LogP contribution in [0.15, 0.2) is 14.3 Å². The molecule has 96 valence electrons. The van der Waals surface area contributed by atoms with Crippen LogP contribution in [0.25, 0.3) is 0 Å². The zero-order valence-electron chi connectivity index (χ0n) is 10.1. The van der Waals surface area contributed by atoms with Crippen molar-refractivity contribution >= 4 is 43.2 Å². The molecule has 4 heteroatoms. The Morgan fingerprint density at radius 2 is 2.12 bits per heavy atom. The molecule has 1 aromatic heterocycles. The van der Waals surface area contributed by atoms with Gasteiger partial charge in [0.05, 0.1) is 3.79 Å². The summed E-state index contributed by atoms with van der Waals surface area (Å²) in [6.07, 6.45) is 6.67. The van der Waals surface area contributed by atoms with Crippen LogP contribution in [0.5, 0.6) is 0 Å². The van der Waals surface area contributed by atoms with Crippen molar-refractivity contribution in [1.29, 1.82) is 0 Å². The number of hydrogen-bond donors (Lipinski definition) is 1. The molecular formula is C13H19Br2NS. The van der Waals surface area contributed by atoms with E-state index in [1.807, 2.05) is 0 Å². The highest BCUT2D eigenvalue weighted by atomic mass is 79.9. The summed E-state index contributed by atoms with van der Waals surface area (Å²) >= 11 is 8.88. The standard InChI is InChI=1S/C13H19Br2NS/c1-2-8-5-3-4-6-9(8)12(16)11-7-10(14)13(15)17-11/h7-9,12H,2-6,16H2,1H3. The van der Waals surface area contributed by atoms with Gasteiger partial charge in [-0.3, -0.25) is 0 Å². The molecule has 0 spiro atoms. The predicted molar refractivity (Wildman–Crippen MR) is 82.4 cm³/mol. The van der Waals surface area contributed by atoms with Crippen LogP contribution in [-0.4, -0.2) is 0 Å². The van der Waals surface area contributed by atoms with Crippen LogP contribution in [0, 0.1) is 11.8 Å². The molecule has 1 aliphatic carbocycles. The van der Waals surface area contributed by atoms with Crippen LogP contribution in [0.4, 0.5) is 0 Å². The summed E-state index contributed by atoms with van der Waals surface area (Å²) in [5.41, 5.74) is 6.49. The Morgan fingerprint density at radius 3 is 2.71 bits per heavy atom. The normalized spacial score (nSPS) is 27.1. The Labute approximate surface area is 124 Å². The lowest BCUT2D eigenvalue weighted by Gasteiger charge is -2.34. The Morgan fingerprint density at radius 1 is 1.41 bits per heavy atom. The van der Waals surface area contributed by atoms with Gasteiger partial charge in [-0.25, -0.2) is 0 Å². The van der Waals surface area contributed by atoms with Gasteiger partial charge in [-0.1, -0.05) is 32.6 Å². The highest BCUT2D eigenvalue weighted by molar-refractivity contribution is 9.13. The van der Waals surface area contributed by atoms with Gasteiger partial charge in [0.15, 0.2) is 0 Å². The highest BCUT2D eigenvalue weighted by Gasteiger charge is 2.30. The van der Waals surface area contributed by atoms with Gasteiger partial charge < -0.3 is 5.73 Å². The number of hydrogen-bond acceptors (Lipinski definition) is 2. The zero-order valence-corrected chi connectivity index (χ0v) is 14.1. The van der Waals surface area contributed by atoms with Crippen LogP contribution in [0.1, 0.15) is 49.9 Å². The van der Waals surface area contributed by atoms with E-state index in [2.05, 4.69) is 44.8 Å². The fourth-order valence-electron chi connectivity index (χ4n) is 2.95. The summed E-state index contributed by atoms with van der Waals surface area (Å²) in [6.45, 7) is 2.30. The van der Waals surface area contributed by atoms with E-state index in [4.69, 9.17) is 5.73 Å². The van der Waals surface area contributed by atoms with Crippen molar-refractivity contribution in [2.45, 2.75) is 45.1 Å². The van der Waals surface area contributed by atoms with Gasteiger partial charge in [-0.2, -0.15) is 0 Å². The second-order valence-corrected chi connectivity index (χ2v) is 8.17. The van der Waals surface area contributed by atoms with Crippen molar-refractivity contribution in [3.63, 3.8) is 0 Å². The lowest BCUT2D eigenvalue weighted by molar-refractivity contribution is 0.198. The molecule has 3 unspecified atom stereocenters. The number of nitrogens with two attached hydrogens (primary N) is 1. The lowest BCUT2D eigenvalue weighted by Crippen LogP contribution is -2.29. The molecule has 1 fully saturated rings. The molecule has 2 rings (SSSR count). The Kier molecular flexibility index (Phi) is 5.10. The molecule has 17 heavy (non-hydrogen) atoms. The average Bonchev–Trinajstić information content (AvgIpc) is 2.68. The van der Waals surface area contributed by atoms with Crippen LogP contribution in [0.3, 0.4) is 0 Å². The largest absolute Gasteiger partial charge is 0.323 e. The van der Waals surface area contributed by atoms with Gasteiger partial charge in [0, 0.05) is 15.4 Å². The summed E-state index contributed by atoms with van der Waals surface area (Å²) in [7, 11) is 0. The topological polar surface area (TPSA) is 26.0 Å². The average molecular weight is 381 g/mol. The smallest absolute Gasteiger partial charge is 0.0843 e. The molecule has 0 saturated heterocycles. The minimum absolute atomic E-state index is 0.216. The molecule has 1 saturated carbocycles. The number of rotatable bonds is 3. The maximum absolute atomic E-state index is 6.49. The molecule has 0 radical (unpaired) electrons. The second-order valence-electron chi connectivity index (χ2n) is 4.91. The third-order valence-electron chi connectivity index (χ3n) is 3.95. The second kappa shape index (κ2) is 6.18. The highest BCUT2D eigenvalue weighted by Crippen LogP contribution is 2.43. The maximum Gasteiger partial charge on any atom is 0.0843 e. The minimum Gasteiger partial charge on any atom is -0.323 e. The third-order valence-corrected chi connectivity index (χ3v) is 7.30. The van der Waals surface area contributed by atoms with Crippen LogP contribution in [0.2, 0.25) is 0 Å². The fraction of sp³-hybridized carbons (Fsp3) is 0.692. The van der Waals surface area contributed by atoms with Crippen molar-refractivity contribution in [3.8, 4) is 0 Å². The van der Waals surface area contributed by atoms with E-state index in [1.54, 1.807) is 11.3 Å². The van der Waals surface area contributed by atoms with E-state index in [0.717, 1.165) is 14.2 Å². The van der Waals surface area contributed by atoms with E-state index in [0.29, 0.717) is 5.92 Å². The molecular weight excluding hydrogens is 362 g/mol. The molecule has 1 aliphatic rings. The first-order valence-corrected chi connectivity index (χ1v) is 8.74. The van der Waals surface area contributed by atoms with Gasteiger partial charge in [-0.05, 0) is 56.2 Å². The summed E-state index contributed by atoms with van der Waals surface area (Å²) in [6, 6.07) is 2.40.